The van der Waals surface area contributed by atoms with Gasteiger partial charge in [0.25, 0.3) is 5.56 Å². The maximum Gasteiger partial charge on any atom is 0.250 e. The number of hydrogen-bond acceptors (Lipinski definition) is 5. The Balaban J connectivity index is 1.21. The fourth-order valence-electron chi connectivity index (χ4n) is 4.43. The predicted molar refractivity (Wildman–Crippen MR) is 107 cm³/mol. The van der Waals surface area contributed by atoms with Gasteiger partial charge in [0.15, 0.2) is 0 Å². The first-order valence-electron chi connectivity index (χ1n) is 10.2. The van der Waals surface area contributed by atoms with Crippen LogP contribution in [0.2, 0.25) is 0 Å². The van der Waals surface area contributed by atoms with E-state index >= 15 is 0 Å². The first-order valence-corrected chi connectivity index (χ1v) is 10.2. The van der Waals surface area contributed by atoms with Gasteiger partial charge in [-0.3, -0.25) is 9.59 Å². The molecule has 2 aromatic heterocycles. The van der Waals surface area contributed by atoms with E-state index in [9.17, 15) is 9.59 Å². The van der Waals surface area contributed by atoms with Crippen molar-refractivity contribution in [1.29, 1.82) is 0 Å². The number of nitrogens with one attached hydrogen (secondary N) is 1. The third kappa shape index (κ3) is 4.24. The second-order valence-electron chi connectivity index (χ2n) is 7.81. The Hall–Kier alpha value is -2.70. The van der Waals surface area contributed by atoms with Gasteiger partial charge in [-0.05, 0) is 37.3 Å². The normalized spacial score (nSPS) is 20.5. The minimum absolute atomic E-state index is 0.0847. The van der Waals surface area contributed by atoms with E-state index in [1.807, 2.05) is 21.6 Å². The van der Waals surface area contributed by atoms with Crippen LogP contribution in [-0.2, 0) is 11.3 Å². The van der Waals surface area contributed by atoms with Crippen LogP contribution >= 0.6 is 0 Å². The van der Waals surface area contributed by atoms with Crippen LogP contribution in [0.25, 0.3) is 0 Å². The monoisotopic (exact) mass is 381 g/mol. The average molecular weight is 381 g/mol. The maximum atomic E-state index is 12.7. The van der Waals surface area contributed by atoms with Crippen LogP contribution in [0.15, 0.2) is 41.5 Å². The third-order valence-electron chi connectivity index (χ3n) is 5.75. The van der Waals surface area contributed by atoms with Crippen LogP contribution in [0.4, 0.5) is 5.95 Å². The molecule has 4 heterocycles. The van der Waals surface area contributed by atoms with Crippen LogP contribution in [0.5, 0.6) is 0 Å². The average Bonchev–Trinajstić information content (AvgIpc) is 2.72. The molecule has 4 rings (SSSR count). The lowest BCUT2D eigenvalue weighted by Crippen LogP contribution is -2.49. The van der Waals surface area contributed by atoms with Crippen molar-refractivity contribution in [1.82, 2.24) is 19.4 Å². The summed E-state index contributed by atoms with van der Waals surface area (Å²) in [7, 11) is 0. The van der Waals surface area contributed by atoms with Gasteiger partial charge in [-0.15, -0.1) is 0 Å². The maximum absolute atomic E-state index is 12.7. The standard InChI is InChI=1S/C21H27N5O2/c27-19(7-2-1-3-9-22-21-23-10-5-11-24-21)25-13-16-12-17(15-25)18-6-4-8-20(28)26(18)14-16/h4-6,8,10-11,16-17H,1-3,7,9,12-15H2,(H,22,23,24). The van der Waals surface area contributed by atoms with Gasteiger partial charge in [-0.25, -0.2) is 9.97 Å². The summed E-state index contributed by atoms with van der Waals surface area (Å²) in [6, 6.07) is 7.30. The molecule has 0 spiro atoms. The van der Waals surface area contributed by atoms with Gasteiger partial charge in [0.2, 0.25) is 11.9 Å². The zero-order valence-electron chi connectivity index (χ0n) is 16.1. The highest BCUT2D eigenvalue weighted by atomic mass is 16.2. The van der Waals surface area contributed by atoms with Gasteiger partial charge in [0.1, 0.15) is 0 Å². The number of carbonyl (C=O) groups excluding carboxylic acids is 1. The lowest BCUT2D eigenvalue weighted by Gasteiger charge is -2.42. The number of unbranched alkanes of at least 4 members (excludes halogenated alkanes) is 2. The van der Waals surface area contributed by atoms with Crippen molar-refractivity contribution < 1.29 is 4.79 Å². The summed E-state index contributed by atoms with van der Waals surface area (Å²) in [5.74, 6) is 1.59. The molecular formula is C21H27N5O2. The third-order valence-corrected chi connectivity index (χ3v) is 5.75. The van der Waals surface area contributed by atoms with Gasteiger partial charge in [-0.1, -0.05) is 12.5 Å². The molecule has 0 aromatic carbocycles. The van der Waals surface area contributed by atoms with Crippen LogP contribution in [0.1, 0.15) is 43.7 Å². The molecule has 0 radical (unpaired) electrons. The second-order valence-corrected chi connectivity index (χ2v) is 7.81. The molecule has 1 saturated heterocycles. The molecule has 7 heteroatoms. The van der Waals surface area contributed by atoms with Gasteiger partial charge >= 0.3 is 0 Å². The van der Waals surface area contributed by atoms with Crippen LogP contribution < -0.4 is 10.9 Å². The smallest absolute Gasteiger partial charge is 0.250 e. The molecule has 2 aliphatic rings. The number of likely N-dealkylation sites (tertiary alicyclic amines) is 1. The number of aromatic nitrogens is 3. The number of amides is 1. The van der Waals surface area contributed by atoms with Crippen LogP contribution in [-0.4, -0.2) is 45.0 Å². The zero-order chi connectivity index (χ0) is 19.3. The molecule has 148 valence electrons. The van der Waals surface area contributed by atoms with E-state index in [1.54, 1.807) is 24.5 Å². The summed E-state index contributed by atoms with van der Waals surface area (Å²) in [6.07, 6.45) is 8.02. The van der Waals surface area contributed by atoms with Crippen molar-refractivity contribution in [2.45, 2.75) is 44.6 Å². The van der Waals surface area contributed by atoms with Gasteiger partial charge < -0.3 is 14.8 Å². The SMILES string of the molecule is O=C(CCCCCNc1ncccn1)N1CC2CC(C1)c1cccc(=O)n1C2. The fourth-order valence-corrected chi connectivity index (χ4v) is 4.43. The molecule has 2 aromatic rings. The van der Waals surface area contributed by atoms with Crippen molar-refractivity contribution in [3.8, 4) is 0 Å². The Bertz CT molecular complexity index is 867. The van der Waals surface area contributed by atoms with Crippen molar-refractivity contribution in [2.75, 3.05) is 25.0 Å². The Kier molecular flexibility index (Phi) is 5.69. The number of carbonyl (C=O) groups is 1. The number of rotatable bonds is 7. The summed E-state index contributed by atoms with van der Waals surface area (Å²) in [5, 5.41) is 3.19. The predicted octanol–water partition coefficient (Wildman–Crippen LogP) is 2.26. The van der Waals surface area contributed by atoms with E-state index < -0.39 is 0 Å². The molecule has 0 aliphatic carbocycles. The summed E-state index contributed by atoms with van der Waals surface area (Å²) in [6.45, 7) is 3.08. The first-order chi connectivity index (χ1) is 13.7. The molecular weight excluding hydrogens is 354 g/mol. The van der Waals surface area contributed by atoms with Crippen LogP contribution in [0.3, 0.4) is 0 Å². The van der Waals surface area contributed by atoms with Crippen molar-refractivity contribution in [3.05, 3.63) is 52.7 Å². The van der Waals surface area contributed by atoms with E-state index in [-0.39, 0.29) is 11.5 Å². The molecule has 2 bridgehead atoms. The molecule has 1 fully saturated rings. The number of anilines is 1. The molecule has 1 N–H and O–H groups in total. The minimum Gasteiger partial charge on any atom is -0.354 e. The molecule has 7 nitrogen and oxygen atoms in total. The number of piperidine rings is 1. The molecule has 1 amide bonds. The highest BCUT2D eigenvalue weighted by Gasteiger charge is 2.35. The number of pyridine rings is 1. The lowest BCUT2D eigenvalue weighted by molar-refractivity contribution is -0.134. The number of nitrogens with zero attached hydrogens (tertiary/aromatic N) is 4. The zero-order valence-corrected chi connectivity index (χ0v) is 16.1. The number of hydrogen-bond donors (Lipinski definition) is 1. The Morgan fingerprint density at radius 1 is 1.07 bits per heavy atom. The Labute approximate surface area is 164 Å². The molecule has 2 aliphatic heterocycles. The van der Waals surface area contributed by atoms with Crippen molar-refractivity contribution in [2.24, 2.45) is 5.92 Å². The molecule has 0 saturated carbocycles. The second kappa shape index (κ2) is 8.54. The summed E-state index contributed by atoms with van der Waals surface area (Å²) < 4.78 is 1.91. The highest BCUT2D eigenvalue weighted by Crippen LogP contribution is 2.35. The van der Waals surface area contributed by atoms with E-state index in [2.05, 4.69) is 15.3 Å². The fraction of sp³-hybridized carbons (Fsp3) is 0.524. The van der Waals surface area contributed by atoms with Crippen molar-refractivity contribution >= 4 is 11.9 Å². The minimum atomic E-state index is 0.0847. The Morgan fingerprint density at radius 2 is 1.93 bits per heavy atom. The van der Waals surface area contributed by atoms with E-state index in [0.717, 1.165) is 57.6 Å². The first kappa shape index (κ1) is 18.7. The summed E-state index contributed by atoms with van der Waals surface area (Å²) in [4.78, 5) is 35.1. The van der Waals surface area contributed by atoms with E-state index in [0.29, 0.717) is 24.2 Å². The molecule has 28 heavy (non-hydrogen) atoms. The highest BCUT2D eigenvalue weighted by molar-refractivity contribution is 5.76. The molecule has 2 unspecified atom stereocenters. The topological polar surface area (TPSA) is 80.1 Å². The van der Waals surface area contributed by atoms with E-state index in [4.69, 9.17) is 0 Å². The summed E-state index contributed by atoms with van der Waals surface area (Å²) >= 11 is 0. The summed E-state index contributed by atoms with van der Waals surface area (Å²) in [5.41, 5.74) is 1.18. The van der Waals surface area contributed by atoms with Crippen LogP contribution in [0, 0.1) is 5.92 Å². The largest absolute Gasteiger partial charge is 0.354 e. The molecule has 2 atom stereocenters. The lowest BCUT2D eigenvalue weighted by atomic mass is 9.83. The van der Waals surface area contributed by atoms with Gasteiger partial charge in [-0.2, -0.15) is 0 Å². The van der Waals surface area contributed by atoms with Gasteiger partial charge in [0, 0.05) is 62.7 Å². The van der Waals surface area contributed by atoms with Gasteiger partial charge in [0.05, 0.1) is 0 Å². The number of fused-ring (bicyclic) bond motifs is 4. The van der Waals surface area contributed by atoms with E-state index in [1.165, 1.54) is 0 Å². The quantitative estimate of drug-likeness (QED) is 0.744. The van der Waals surface area contributed by atoms with Crippen molar-refractivity contribution in [3.63, 3.8) is 0 Å². The Morgan fingerprint density at radius 3 is 2.79 bits per heavy atom.